The minimum absolute atomic E-state index is 0.251. The highest BCUT2D eigenvalue weighted by molar-refractivity contribution is 9.10. The van der Waals surface area contributed by atoms with Gasteiger partial charge in [-0.15, -0.1) is 0 Å². The van der Waals surface area contributed by atoms with Gasteiger partial charge in [0.25, 0.3) is 5.91 Å². The van der Waals surface area contributed by atoms with Gasteiger partial charge >= 0.3 is 0 Å². The number of carbonyl (C=O) groups is 1. The van der Waals surface area contributed by atoms with Crippen LogP contribution in [0.15, 0.2) is 47.1 Å². The van der Waals surface area contributed by atoms with Crippen LogP contribution in [-0.2, 0) is 6.42 Å². The minimum Gasteiger partial charge on any atom is -0.350 e. The number of nitrogens with zero attached hydrogens (tertiary/aromatic N) is 1. The topological polar surface area (TPSA) is 42.0 Å². The van der Waals surface area contributed by atoms with Gasteiger partial charge in [-0.1, -0.05) is 18.2 Å². The van der Waals surface area contributed by atoms with Crippen LogP contribution in [0.2, 0.25) is 0 Å². The van der Waals surface area contributed by atoms with E-state index in [1.165, 1.54) is 6.07 Å². The fourth-order valence-electron chi connectivity index (χ4n) is 1.61. The lowest BCUT2D eigenvalue weighted by atomic mass is 10.1. The number of amides is 1. The summed E-state index contributed by atoms with van der Waals surface area (Å²) in [7, 11) is 0. The lowest BCUT2D eigenvalue weighted by Gasteiger charge is -2.05. The SMILES string of the molecule is O=C(NCCc1ccccc1F)c1ccc(Br)cn1. The molecule has 0 spiro atoms. The van der Waals surface area contributed by atoms with Crippen LogP contribution in [0.25, 0.3) is 0 Å². The Morgan fingerprint density at radius 2 is 2.05 bits per heavy atom. The predicted octanol–water partition coefficient (Wildman–Crippen LogP) is 2.96. The number of hydrogen-bond donors (Lipinski definition) is 1. The molecular weight excluding hydrogens is 311 g/mol. The van der Waals surface area contributed by atoms with Crippen molar-refractivity contribution in [1.29, 1.82) is 0 Å². The number of aromatic nitrogens is 1. The van der Waals surface area contributed by atoms with Crippen LogP contribution >= 0.6 is 15.9 Å². The quantitative estimate of drug-likeness (QED) is 0.940. The average Bonchev–Trinajstić information content (AvgIpc) is 2.41. The highest BCUT2D eigenvalue weighted by Gasteiger charge is 2.07. The minimum atomic E-state index is -0.260. The maximum absolute atomic E-state index is 13.4. The molecule has 0 aliphatic rings. The number of hydrogen-bond acceptors (Lipinski definition) is 2. The zero-order chi connectivity index (χ0) is 13.7. The van der Waals surface area contributed by atoms with Gasteiger partial charge in [-0.2, -0.15) is 0 Å². The Morgan fingerprint density at radius 3 is 2.74 bits per heavy atom. The normalized spacial score (nSPS) is 10.2. The summed E-state index contributed by atoms with van der Waals surface area (Å²) >= 11 is 3.25. The van der Waals surface area contributed by atoms with Gasteiger partial charge in [-0.3, -0.25) is 4.79 Å². The number of benzene rings is 1. The van der Waals surface area contributed by atoms with Crippen molar-refractivity contribution in [2.24, 2.45) is 0 Å². The summed E-state index contributed by atoms with van der Waals surface area (Å²) in [6, 6.07) is 9.91. The molecule has 0 fully saturated rings. The molecule has 1 aromatic heterocycles. The molecule has 2 aromatic rings. The molecule has 1 amide bonds. The average molecular weight is 323 g/mol. The third-order valence-corrected chi connectivity index (χ3v) is 3.07. The van der Waals surface area contributed by atoms with Gasteiger partial charge in [0.15, 0.2) is 0 Å². The van der Waals surface area contributed by atoms with Crippen molar-refractivity contribution < 1.29 is 9.18 Å². The summed E-state index contributed by atoms with van der Waals surface area (Å²) in [6.07, 6.45) is 2.01. The number of rotatable bonds is 4. The second kappa shape index (κ2) is 6.43. The summed E-state index contributed by atoms with van der Waals surface area (Å²) in [5, 5.41) is 2.71. The van der Waals surface area contributed by atoms with Gasteiger partial charge in [0, 0.05) is 17.2 Å². The van der Waals surface area contributed by atoms with Crippen molar-refractivity contribution in [3.63, 3.8) is 0 Å². The Morgan fingerprint density at radius 1 is 1.26 bits per heavy atom. The number of carbonyl (C=O) groups excluding carboxylic acids is 1. The van der Waals surface area contributed by atoms with Crippen LogP contribution in [-0.4, -0.2) is 17.4 Å². The maximum atomic E-state index is 13.4. The van der Waals surface area contributed by atoms with Crippen molar-refractivity contribution in [2.75, 3.05) is 6.54 Å². The van der Waals surface area contributed by atoms with E-state index in [4.69, 9.17) is 0 Å². The second-order valence-corrected chi connectivity index (χ2v) is 4.87. The van der Waals surface area contributed by atoms with E-state index in [1.807, 2.05) is 0 Å². The highest BCUT2D eigenvalue weighted by Crippen LogP contribution is 2.08. The Kier molecular flexibility index (Phi) is 4.63. The van der Waals surface area contributed by atoms with Crippen LogP contribution < -0.4 is 5.32 Å². The first kappa shape index (κ1) is 13.7. The lowest BCUT2D eigenvalue weighted by molar-refractivity contribution is 0.0949. The molecule has 0 saturated heterocycles. The molecule has 0 aliphatic carbocycles. The first-order valence-electron chi connectivity index (χ1n) is 5.80. The van der Waals surface area contributed by atoms with E-state index in [2.05, 4.69) is 26.2 Å². The van der Waals surface area contributed by atoms with Crippen molar-refractivity contribution in [2.45, 2.75) is 6.42 Å². The molecule has 0 unspecified atom stereocenters. The standard InChI is InChI=1S/C14H12BrFN2O/c15-11-5-6-13(18-9-11)14(19)17-8-7-10-3-1-2-4-12(10)16/h1-6,9H,7-8H2,(H,17,19). The Bertz CT molecular complexity index is 572. The zero-order valence-corrected chi connectivity index (χ0v) is 11.7. The van der Waals surface area contributed by atoms with Crippen LogP contribution in [0.4, 0.5) is 4.39 Å². The summed E-state index contributed by atoms with van der Waals surface area (Å²) in [5.41, 5.74) is 0.934. The molecule has 0 radical (unpaired) electrons. The molecule has 1 aromatic carbocycles. The Labute approximate surface area is 119 Å². The predicted molar refractivity (Wildman–Crippen MR) is 74.4 cm³/mol. The summed E-state index contributed by atoms with van der Waals surface area (Å²) in [4.78, 5) is 15.7. The molecule has 0 aliphatic heterocycles. The van der Waals surface area contributed by atoms with E-state index in [9.17, 15) is 9.18 Å². The molecule has 1 heterocycles. The van der Waals surface area contributed by atoms with Gasteiger partial charge in [-0.25, -0.2) is 9.37 Å². The fraction of sp³-hybridized carbons (Fsp3) is 0.143. The second-order valence-electron chi connectivity index (χ2n) is 3.96. The van der Waals surface area contributed by atoms with Crippen LogP contribution in [0.5, 0.6) is 0 Å². The van der Waals surface area contributed by atoms with Gasteiger partial charge < -0.3 is 5.32 Å². The molecule has 98 valence electrons. The van der Waals surface area contributed by atoms with Crippen LogP contribution in [0.3, 0.4) is 0 Å². The maximum Gasteiger partial charge on any atom is 0.269 e. The monoisotopic (exact) mass is 322 g/mol. The smallest absolute Gasteiger partial charge is 0.269 e. The molecule has 2 rings (SSSR count). The van der Waals surface area contributed by atoms with Gasteiger partial charge in [0.05, 0.1) is 0 Å². The van der Waals surface area contributed by atoms with Crippen molar-refractivity contribution in [3.05, 3.63) is 64.1 Å². The van der Waals surface area contributed by atoms with E-state index >= 15 is 0 Å². The number of nitrogens with one attached hydrogen (secondary N) is 1. The molecular formula is C14H12BrFN2O. The largest absolute Gasteiger partial charge is 0.350 e. The fourth-order valence-corrected chi connectivity index (χ4v) is 1.85. The molecule has 0 saturated carbocycles. The lowest BCUT2D eigenvalue weighted by Crippen LogP contribution is -2.26. The molecule has 0 bridgehead atoms. The van der Waals surface area contributed by atoms with E-state index < -0.39 is 0 Å². The molecule has 1 N–H and O–H groups in total. The van der Waals surface area contributed by atoms with Crippen molar-refractivity contribution >= 4 is 21.8 Å². The number of halogens is 2. The summed E-state index contributed by atoms with van der Waals surface area (Å²) < 4.78 is 14.2. The van der Waals surface area contributed by atoms with Gasteiger partial charge in [0.2, 0.25) is 0 Å². The van der Waals surface area contributed by atoms with Crippen LogP contribution in [0, 0.1) is 5.82 Å². The molecule has 3 nitrogen and oxygen atoms in total. The van der Waals surface area contributed by atoms with Crippen molar-refractivity contribution in [1.82, 2.24) is 10.3 Å². The Hall–Kier alpha value is -1.75. The first-order chi connectivity index (χ1) is 9.16. The first-order valence-corrected chi connectivity index (χ1v) is 6.59. The number of pyridine rings is 1. The van der Waals surface area contributed by atoms with E-state index in [0.29, 0.717) is 24.2 Å². The van der Waals surface area contributed by atoms with Gasteiger partial charge in [-0.05, 0) is 46.1 Å². The van der Waals surface area contributed by atoms with Gasteiger partial charge in [0.1, 0.15) is 11.5 Å². The Balaban J connectivity index is 1.88. The highest BCUT2D eigenvalue weighted by atomic mass is 79.9. The van der Waals surface area contributed by atoms with Crippen LogP contribution in [0.1, 0.15) is 16.1 Å². The third kappa shape index (κ3) is 3.86. The molecule has 5 heteroatoms. The van der Waals surface area contributed by atoms with Crippen molar-refractivity contribution in [3.8, 4) is 0 Å². The van der Waals surface area contributed by atoms with E-state index in [1.54, 1.807) is 36.5 Å². The van der Waals surface area contributed by atoms with E-state index in [-0.39, 0.29) is 11.7 Å². The molecule has 19 heavy (non-hydrogen) atoms. The zero-order valence-electron chi connectivity index (χ0n) is 10.1. The molecule has 0 atom stereocenters. The summed E-state index contributed by atoms with van der Waals surface area (Å²) in [5.74, 6) is -0.512. The van der Waals surface area contributed by atoms with E-state index in [0.717, 1.165) is 4.47 Å². The third-order valence-electron chi connectivity index (χ3n) is 2.60. The summed E-state index contributed by atoms with van der Waals surface area (Å²) in [6.45, 7) is 0.373.